The van der Waals surface area contributed by atoms with Crippen LogP contribution in [0.2, 0.25) is 0 Å². The van der Waals surface area contributed by atoms with E-state index in [2.05, 4.69) is 39.8 Å². The van der Waals surface area contributed by atoms with Gasteiger partial charge in [0.2, 0.25) is 11.9 Å². The molecule has 0 radical (unpaired) electrons. The minimum absolute atomic E-state index is 0.0623. The molecule has 10 heteroatoms. The number of halogens is 1. The fourth-order valence-corrected chi connectivity index (χ4v) is 4.91. The number of aromatic nitrogens is 2. The Morgan fingerprint density at radius 2 is 2.00 bits per heavy atom. The number of rotatable bonds is 12. The molecule has 3 N–H and O–H groups in total. The van der Waals surface area contributed by atoms with E-state index in [-0.39, 0.29) is 23.7 Å². The summed E-state index contributed by atoms with van der Waals surface area (Å²) < 4.78 is 24.7. The predicted molar refractivity (Wildman–Crippen MR) is 148 cm³/mol. The van der Waals surface area contributed by atoms with Gasteiger partial charge in [-0.3, -0.25) is 4.79 Å². The third-order valence-electron chi connectivity index (χ3n) is 5.94. The van der Waals surface area contributed by atoms with E-state index in [1.165, 1.54) is 23.9 Å². The van der Waals surface area contributed by atoms with Crippen LogP contribution >= 0.6 is 11.8 Å². The van der Waals surface area contributed by atoms with Gasteiger partial charge in [-0.15, -0.1) is 0 Å². The average molecular weight is 540 g/mol. The second kappa shape index (κ2) is 13.4. The summed E-state index contributed by atoms with van der Waals surface area (Å²) in [7, 11) is 1.62. The number of ether oxygens (including phenoxy) is 2. The molecule has 1 unspecified atom stereocenters. The first kappa shape index (κ1) is 27.7. The fraction of sp³-hybridized carbons (Fsp3) is 0.393. The zero-order valence-electron chi connectivity index (χ0n) is 21.9. The van der Waals surface area contributed by atoms with E-state index in [1.54, 1.807) is 19.2 Å². The van der Waals surface area contributed by atoms with Gasteiger partial charge in [-0.2, -0.15) is 4.98 Å². The molecule has 2 heterocycles. The standard InChI is InChI=1S/C28H34FN5O3S/c1-18(2)14-24(27(35)30-17-22-8-5-13-37-22)32-25-16-26(38-23-11-9-21(36-3)10-12-23)34-28(33-25)31-20-7-4-6-19(29)15-20/h4,6-7,9-12,15-16,18,22,24H,5,8,13-14,17H2,1-3H3,(H,30,35)(H2,31,32,33,34)/t22?,24-/m0/s1. The number of hydrogen-bond donors (Lipinski definition) is 3. The molecule has 3 aromatic rings. The summed E-state index contributed by atoms with van der Waals surface area (Å²) in [5, 5.41) is 10.1. The number of methoxy groups -OCH3 is 1. The molecule has 2 atom stereocenters. The normalized spacial score (nSPS) is 15.8. The maximum atomic E-state index is 13.8. The van der Waals surface area contributed by atoms with Crippen LogP contribution in [0.3, 0.4) is 0 Å². The number of amides is 1. The van der Waals surface area contributed by atoms with Crippen molar-refractivity contribution in [2.24, 2.45) is 5.92 Å². The van der Waals surface area contributed by atoms with E-state index < -0.39 is 6.04 Å². The Kier molecular flexibility index (Phi) is 9.78. The molecule has 8 nitrogen and oxygen atoms in total. The first-order valence-corrected chi connectivity index (χ1v) is 13.6. The van der Waals surface area contributed by atoms with Gasteiger partial charge < -0.3 is 25.4 Å². The fourth-order valence-electron chi connectivity index (χ4n) is 4.09. The third kappa shape index (κ3) is 8.32. The summed E-state index contributed by atoms with van der Waals surface area (Å²) in [4.78, 5) is 23.3. The predicted octanol–water partition coefficient (Wildman–Crippen LogP) is 5.64. The number of carbonyl (C=O) groups is 1. The Balaban J connectivity index is 1.57. The van der Waals surface area contributed by atoms with Crippen molar-refractivity contribution in [1.29, 1.82) is 0 Å². The molecule has 4 rings (SSSR count). The lowest BCUT2D eigenvalue weighted by Gasteiger charge is -2.22. The van der Waals surface area contributed by atoms with Crippen LogP contribution in [-0.4, -0.2) is 48.3 Å². The van der Waals surface area contributed by atoms with E-state index in [9.17, 15) is 9.18 Å². The Labute approximate surface area is 227 Å². The molecule has 38 heavy (non-hydrogen) atoms. The number of hydrogen-bond acceptors (Lipinski definition) is 8. The highest BCUT2D eigenvalue weighted by atomic mass is 32.2. The first-order chi connectivity index (χ1) is 18.4. The molecule has 0 bridgehead atoms. The minimum Gasteiger partial charge on any atom is -0.497 e. The van der Waals surface area contributed by atoms with Gasteiger partial charge in [-0.1, -0.05) is 31.7 Å². The van der Waals surface area contributed by atoms with E-state index in [1.807, 2.05) is 30.3 Å². The lowest BCUT2D eigenvalue weighted by molar-refractivity contribution is -0.122. The first-order valence-electron chi connectivity index (χ1n) is 12.8. The van der Waals surface area contributed by atoms with Gasteiger partial charge in [-0.25, -0.2) is 9.37 Å². The molecular formula is C28H34FN5O3S. The van der Waals surface area contributed by atoms with Crippen molar-refractivity contribution in [3.63, 3.8) is 0 Å². The SMILES string of the molecule is COc1ccc(Sc2cc(N[C@@H](CC(C)C)C(=O)NCC3CCCO3)nc(Nc3cccc(F)c3)n2)cc1. The summed E-state index contributed by atoms with van der Waals surface area (Å²) >= 11 is 1.45. The van der Waals surface area contributed by atoms with Crippen LogP contribution in [0.4, 0.5) is 21.8 Å². The highest BCUT2D eigenvalue weighted by Gasteiger charge is 2.23. The van der Waals surface area contributed by atoms with Crippen LogP contribution in [0.5, 0.6) is 5.75 Å². The van der Waals surface area contributed by atoms with Gasteiger partial charge in [0.15, 0.2) is 0 Å². The Bertz CT molecular complexity index is 1210. The third-order valence-corrected chi connectivity index (χ3v) is 6.87. The Hall–Kier alpha value is -3.37. The van der Waals surface area contributed by atoms with Crippen LogP contribution in [-0.2, 0) is 9.53 Å². The zero-order chi connectivity index (χ0) is 26.9. The molecule has 0 spiro atoms. The highest BCUT2D eigenvalue weighted by molar-refractivity contribution is 7.99. The van der Waals surface area contributed by atoms with Gasteiger partial charge in [0.25, 0.3) is 0 Å². The van der Waals surface area contributed by atoms with Gasteiger partial charge in [0.05, 0.1) is 13.2 Å². The minimum atomic E-state index is -0.493. The van der Waals surface area contributed by atoms with Gasteiger partial charge in [0.1, 0.15) is 28.5 Å². The Morgan fingerprint density at radius 1 is 1.18 bits per heavy atom. The van der Waals surface area contributed by atoms with Crippen molar-refractivity contribution in [2.45, 2.75) is 55.2 Å². The molecule has 1 amide bonds. The molecule has 1 aromatic heterocycles. The number of anilines is 3. The second-order valence-corrected chi connectivity index (χ2v) is 10.6. The van der Waals surface area contributed by atoms with E-state index >= 15 is 0 Å². The maximum absolute atomic E-state index is 13.8. The molecule has 1 saturated heterocycles. The number of nitrogens with zero attached hydrogens (tertiary/aromatic N) is 2. The quantitative estimate of drug-likeness (QED) is 0.255. The van der Waals surface area contributed by atoms with Crippen molar-refractivity contribution in [3.05, 3.63) is 60.4 Å². The Morgan fingerprint density at radius 3 is 2.68 bits per heavy atom. The smallest absolute Gasteiger partial charge is 0.242 e. The summed E-state index contributed by atoms with van der Waals surface area (Å²) in [6, 6.07) is 15.1. The van der Waals surface area contributed by atoms with E-state index in [0.29, 0.717) is 35.4 Å². The van der Waals surface area contributed by atoms with Crippen molar-refractivity contribution in [1.82, 2.24) is 15.3 Å². The second-order valence-electron chi connectivity index (χ2n) is 9.53. The monoisotopic (exact) mass is 539 g/mol. The lowest BCUT2D eigenvalue weighted by Crippen LogP contribution is -2.43. The number of nitrogens with one attached hydrogen (secondary N) is 3. The average Bonchev–Trinajstić information content (AvgIpc) is 3.41. The maximum Gasteiger partial charge on any atom is 0.242 e. The van der Waals surface area contributed by atoms with Crippen LogP contribution in [0.25, 0.3) is 0 Å². The topological polar surface area (TPSA) is 97.4 Å². The largest absolute Gasteiger partial charge is 0.497 e. The molecule has 0 aliphatic carbocycles. The number of carbonyl (C=O) groups excluding carboxylic acids is 1. The van der Waals surface area contributed by atoms with Gasteiger partial charge >= 0.3 is 0 Å². The van der Waals surface area contributed by atoms with E-state index in [0.717, 1.165) is 30.1 Å². The van der Waals surface area contributed by atoms with Crippen molar-refractivity contribution < 1.29 is 18.7 Å². The van der Waals surface area contributed by atoms with Crippen LogP contribution in [0, 0.1) is 11.7 Å². The summed E-state index contributed by atoms with van der Waals surface area (Å²) in [5.74, 6) is 1.36. The molecule has 1 fully saturated rings. The van der Waals surface area contributed by atoms with E-state index in [4.69, 9.17) is 9.47 Å². The molecule has 0 saturated carbocycles. The molecule has 202 valence electrons. The molecule has 1 aliphatic rings. The summed E-state index contributed by atoms with van der Waals surface area (Å²) in [6.07, 6.45) is 2.65. The lowest BCUT2D eigenvalue weighted by atomic mass is 10.0. The van der Waals surface area contributed by atoms with Crippen LogP contribution in [0.15, 0.2) is 64.5 Å². The number of benzene rings is 2. The van der Waals surface area contributed by atoms with Crippen molar-refractivity contribution in [3.8, 4) is 5.75 Å². The summed E-state index contributed by atoms with van der Waals surface area (Å²) in [6.45, 7) is 5.38. The zero-order valence-corrected chi connectivity index (χ0v) is 22.7. The van der Waals surface area contributed by atoms with Crippen LogP contribution < -0.4 is 20.7 Å². The highest BCUT2D eigenvalue weighted by Crippen LogP contribution is 2.30. The van der Waals surface area contributed by atoms with Gasteiger partial charge in [-0.05, 0) is 67.6 Å². The van der Waals surface area contributed by atoms with Crippen molar-refractivity contribution >= 4 is 35.1 Å². The van der Waals surface area contributed by atoms with Gasteiger partial charge in [0, 0.05) is 29.8 Å². The summed E-state index contributed by atoms with van der Waals surface area (Å²) in [5.41, 5.74) is 0.524. The molecule has 1 aliphatic heterocycles. The molecule has 2 aromatic carbocycles. The molecular weight excluding hydrogens is 505 g/mol. The van der Waals surface area contributed by atoms with Crippen LogP contribution in [0.1, 0.15) is 33.1 Å². The van der Waals surface area contributed by atoms with Crippen molar-refractivity contribution in [2.75, 3.05) is 30.9 Å².